The maximum Gasteiger partial charge on any atom is 0.224 e. The lowest BCUT2D eigenvalue weighted by Gasteiger charge is -2.21. The molecule has 1 unspecified atom stereocenters. The van der Waals surface area contributed by atoms with Crippen molar-refractivity contribution < 1.29 is 24.2 Å². The van der Waals surface area contributed by atoms with Crippen LogP contribution in [0.3, 0.4) is 0 Å². The largest absolute Gasteiger partial charge is 0.550 e. The summed E-state index contributed by atoms with van der Waals surface area (Å²) >= 11 is 0. The molecule has 0 aromatic heterocycles. The second-order valence-corrected chi connectivity index (χ2v) is 5.70. The van der Waals surface area contributed by atoms with Gasteiger partial charge < -0.3 is 24.7 Å². The zero-order chi connectivity index (χ0) is 18.9. The second kappa shape index (κ2) is 9.46. The zero-order valence-electron chi connectivity index (χ0n) is 14.9. The van der Waals surface area contributed by atoms with Gasteiger partial charge in [-0.05, 0) is 30.2 Å². The molecule has 1 atom stereocenters. The molecule has 2 aromatic rings. The maximum absolute atomic E-state index is 12.3. The van der Waals surface area contributed by atoms with Crippen molar-refractivity contribution in [3.8, 4) is 11.5 Å². The number of ether oxygens (including phenoxy) is 2. The number of hydrogen-bond donors (Lipinski definition) is 1. The van der Waals surface area contributed by atoms with Gasteiger partial charge in [0.2, 0.25) is 5.91 Å². The Morgan fingerprint density at radius 3 is 2.46 bits per heavy atom. The number of carboxylic acids is 1. The number of carbonyl (C=O) groups excluding carboxylic acids is 2. The molecule has 1 N–H and O–H groups in total. The fourth-order valence-electron chi connectivity index (χ4n) is 2.62. The molecule has 2 aromatic carbocycles. The number of hydrogen-bond acceptors (Lipinski definition) is 5. The Labute approximate surface area is 152 Å². The molecule has 0 aliphatic carbocycles. The maximum atomic E-state index is 12.3. The van der Waals surface area contributed by atoms with Gasteiger partial charge in [-0.25, -0.2) is 0 Å². The predicted octanol–water partition coefficient (Wildman–Crippen LogP) is 1.63. The van der Waals surface area contributed by atoms with Crippen LogP contribution < -0.4 is 19.9 Å². The van der Waals surface area contributed by atoms with Gasteiger partial charge in [0.05, 0.1) is 26.2 Å². The summed E-state index contributed by atoms with van der Waals surface area (Å²) in [7, 11) is 1.50. The molecule has 138 valence electrons. The number of aliphatic carboxylic acids is 1. The molecule has 1 amide bonds. The molecule has 0 fully saturated rings. The Balaban J connectivity index is 2.18. The van der Waals surface area contributed by atoms with Crippen LogP contribution in [0.5, 0.6) is 11.5 Å². The SMILES string of the molecule is CCOc1ccc(C(CC(=O)[O-])NC(=O)Cc2ccccc2)cc1OC. The van der Waals surface area contributed by atoms with E-state index in [2.05, 4.69) is 5.32 Å². The highest BCUT2D eigenvalue weighted by Crippen LogP contribution is 2.31. The van der Waals surface area contributed by atoms with Crippen LogP contribution >= 0.6 is 0 Å². The van der Waals surface area contributed by atoms with Crippen LogP contribution in [0.1, 0.15) is 30.5 Å². The van der Waals surface area contributed by atoms with Gasteiger partial charge in [-0.2, -0.15) is 0 Å². The Morgan fingerprint density at radius 2 is 1.85 bits per heavy atom. The minimum absolute atomic E-state index is 0.165. The highest BCUT2D eigenvalue weighted by molar-refractivity contribution is 5.79. The van der Waals surface area contributed by atoms with E-state index in [1.165, 1.54) is 7.11 Å². The smallest absolute Gasteiger partial charge is 0.224 e. The number of benzene rings is 2. The topological polar surface area (TPSA) is 87.7 Å². The molecule has 0 saturated heterocycles. The number of nitrogens with one attached hydrogen (secondary N) is 1. The Hall–Kier alpha value is -3.02. The summed E-state index contributed by atoms with van der Waals surface area (Å²) in [5.74, 6) is -0.482. The highest BCUT2D eigenvalue weighted by atomic mass is 16.5. The molecule has 0 bridgehead atoms. The first-order chi connectivity index (χ1) is 12.5. The average molecular weight is 356 g/mol. The van der Waals surface area contributed by atoms with E-state index in [9.17, 15) is 14.7 Å². The molecule has 2 rings (SSSR count). The van der Waals surface area contributed by atoms with E-state index in [0.717, 1.165) is 5.56 Å². The Morgan fingerprint density at radius 1 is 1.12 bits per heavy atom. The molecule has 6 heteroatoms. The van der Waals surface area contributed by atoms with Crippen LogP contribution in [-0.4, -0.2) is 25.6 Å². The average Bonchev–Trinajstić information content (AvgIpc) is 2.62. The monoisotopic (exact) mass is 356 g/mol. The number of methoxy groups -OCH3 is 1. The first-order valence-corrected chi connectivity index (χ1v) is 8.37. The summed E-state index contributed by atoms with van der Waals surface area (Å²) in [4.78, 5) is 23.4. The molecule has 0 radical (unpaired) electrons. The standard InChI is InChI=1S/C20H23NO5/c1-3-26-17-10-9-15(12-18(17)25-2)16(13-20(23)24)21-19(22)11-14-7-5-4-6-8-14/h4-10,12,16H,3,11,13H2,1-2H3,(H,21,22)(H,23,24)/p-1. The van der Waals surface area contributed by atoms with Crippen LogP contribution in [-0.2, 0) is 16.0 Å². The van der Waals surface area contributed by atoms with E-state index >= 15 is 0 Å². The molecule has 0 aliphatic heterocycles. The summed E-state index contributed by atoms with van der Waals surface area (Å²) in [5.41, 5.74) is 1.46. The number of amides is 1. The van der Waals surface area contributed by atoms with E-state index < -0.39 is 12.0 Å². The molecule has 0 saturated carbocycles. The summed E-state index contributed by atoms with van der Waals surface area (Å²) in [6.45, 7) is 2.34. The van der Waals surface area contributed by atoms with E-state index in [1.807, 2.05) is 37.3 Å². The first-order valence-electron chi connectivity index (χ1n) is 8.37. The number of carbonyl (C=O) groups is 2. The van der Waals surface area contributed by atoms with Gasteiger partial charge in [0.25, 0.3) is 0 Å². The number of carboxylic acid groups (broad SMARTS) is 1. The summed E-state index contributed by atoms with van der Waals surface area (Å²) in [6.07, 6.45) is -0.170. The number of rotatable bonds is 9. The van der Waals surface area contributed by atoms with Crippen LogP contribution in [0, 0.1) is 0 Å². The van der Waals surface area contributed by atoms with Crippen molar-refractivity contribution in [3.05, 3.63) is 59.7 Å². The third-order valence-corrected chi connectivity index (χ3v) is 3.80. The van der Waals surface area contributed by atoms with Gasteiger partial charge in [0, 0.05) is 12.4 Å². The van der Waals surface area contributed by atoms with Gasteiger partial charge in [-0.15, -0.1) is 0 Å². The third-order valence-electron chi connectivity index (χ3n) is 3.80. The fraction of sp³-hybridized carbons (Fsp3) is 0.300. The van der Waals surface area contributed by atoms with Gasteiger partial charge in [-0.3, -0.25) is 4.79 Å². The molecule has 0 spiro atoms. The van der Waals surface area contributed by atoms with Crippen molar-refractivity contribution >= 4 is 11.9 Å². The molecular weight excluding hydrogens is 334 g/mol. The van der Waals surface area contributed by atoms with Crippen molar-refractivity contribution in [1.29, 1.82) is 0 Å². The van der Waals surface area contributed by atoms with Gasteiger partial charge in [0.15, 0.2) is 11.5 Å². The summed E-state index contributed by atoms with van der Waals surface area (Å²) in [5, 5.41) is 13.9. The Bertz CT molecular complexity index is 745. The van der Waals surface area contributed by atoms with E-state index in [4.69, 9.17) is 9.47 Å². The summed E-state index contributed by atoms with van der Waals surface area (Å²) < 4.78 is 10.8. The third kappa shape index (κ3) is 5.51. The predicted molar refractivity (Wildman–Crippen MR) is 94.8 cm³/mol. The van der Waals surface area contributed by atoms with Gasteiger partial charge in [0.1, 0.15) is 0 Å². The fourth-order valence-corrected chi connectivity index (χ4v) is 2.62. The summed E-state index contributed by atoms with van der Waals surface area (Å²) in [6, 6.07) is 13.6. The van der Waals surface area contributed by atoms with Crippen molar-refractivity contribution in [2.75, 3.05) is 13.7 Å². The van der Waals surface area contributed by atoms with Crippen molar-refractivity contribution in [2.24, 2.45) is 0 Å². The molecule has 0 heterocycles. The van der Waals surface area contributed by atoms with Crippen LogP contribution in [0.25, 0.3) is 0 Å². The van der Waals surface area contributed by atoms with Crippen LogP contribution in [0.4, 0.5) is 0 Å². The molecule has 0 aliphatic rings. The van der Waals surface area contributed by atoms with Crippen molar-refractivity contribution in [1.82, 2.24) is 5.32 Å². The van der Waals surface area contributed by atoms with E-state index in [-0.39, 0.29) is 18.7 Å². The minimum atomic E-state index is -1.25. The van der Waals surface area contributed by atoms with Crippen LogP contribution in [0.15, 0.2) is 48.5 Å². The van der Waals surface area contributed by atoms with Gasteiger partial charge >= 0.3 is 0 Å². The first kappa shape index (κ1) is 19.3. The normalized spacial score (nSPS) is 11.5. The lowest BCUT2D eigenvalue weighted by molar-refractivity contribution is -0.306. The minimum Gasteiger partial charge on any atom is -0.550 e. The second-order valence-electron chi connectivity index (χ2n) is 5.70. The lowest BCUT2D eigenvalue weighted by Crippen LogP contribution is -2.35. The van der Waals surface area contributed by atoms with Crippen molar-refractivity contribution in [3.63, 3.8) is 0 Å². The quantitative estimate of drug-likeness (QED) is 0.738. The lowest BCUT2D eigenvalue weighted by atomic mass is 10.0. The molecular formula is C20H22NO5-. The van der Waals surface area contributed by atoms with Crippen molar-refractivity contribution in [2.45, 2.75) is 25.8 Å². The zero-order valence-corrected chi connectivity index (χ0v) is 14.9. The van der Waals surface area contributed by atoms with E-state index in [1.54, 1.807) is 18.2 Å². The van der Waals surface area contributed by atoms with Crippen LogP contribution in [0.2, 0.25) is 0 Å². The highest BCUT2D eigenvalue weighted by Gasteiger charge is 2.17. The van der Waals surface area contributed by atoms with E-state index in [0.29, 0.717) is 23.7 Å². The Kier molecular flexibility index (Phi) is 7.02. The van der Waals surface area contributed by atoms with Gasteiger partial charge in [-0.1, -0.05) is 36.4 Å². The molecule has 26 heavy (non-hydrogen) atoms. The molecule has 6 nitrogen and oxygen atoms in total.